The van der Waals surface area contributed by atoms with Crippen LogP contribution < -0.4 is 20.1 Å². The Kier molecular flexibility index (Phi) is 15.2. The fourth-order valence-corrected chi connectivity index (χ4v) is 6.27. The van der Waals surface area contributed by atoms with E-state index in [-0.39, 0.29) is 19.0 Å². The van der Waals surface area contributed by atoms with E-state index in [4.69, 9.17) is 31.3 Å². The van der Waals surface area contributed by atoms with Crippen LogP contribution in [0.3, 0.4) is 0 Å². The number of thioether (sulfide) groups is 1. The number of amidine groups is 1. The summed E-state index contributed by atoms with van der Waals surface area (Å²) in [7, 11) is 3.39. The Morgan fingerprint density at radius 2 is 1.69 bits per heavy atom. The molecule has 2 unspecified atom stereocenters. The minimum absolute atomic E-state index is 0.0525. The number of aliphatic hydroxyl groups is 2. The monoisotopic (exact) mass is 655 g/mol. The standard InChI is InChI=1S/C13H16ClNO.C12H16N2S.C10H14O4/c1-15-13(9-5-4-8-12(13)16)10-6-2-3-7-11(10)14;1-9-5-3-6-10(2)11(9)14-12-13-7-4-8-15-12;1-13-9-4-2-3-5-10(9)14-7-8(12)6-11/h2-3,6-7,15H,4-5,8-9H2,1H3;3,5-6H,4,7-8H2,1-2H3,(H,13,14);2-5,8,11-12H,6-7H2,1H3. The fraction of sp³-hybridized carbons (Fsp3) is 0.429. The molecule has 1 aliphatic carbocycles. The largest absolute Gasteiger partial charge is 0.493 e. The molecule has 1 aliphatic heterocycles. The smallest absolute Gasteiger partial charge is 0.161 e. The summed E-state index contributed by atoms with van der Waals surface area (Å²) in [6, 6.07) is 21.1. The number of para-hydroxylation sites is 3. The first-order chi connectivity index (χ1) is 21.7. The zero-order valence-corrected chi connectivity index (χ0v) is 28.2. The van der Waals surface area contributed by atoms with Gasteiger partial charge in [-0.1, -0.05) is 78.3 Å². The third-order valence-corrected chi connectivity index (χ3v) is 8.99. The molecule has 0 amide bonds. The highest BCUT2D eigenvalue weighted by Gasteiger charge is 2.41. The minimum Gasteiger partial charge on any atom is -0.493 e. The molecular formula is C35H46ClN3O5S. The third kappa shape index (κ3) is 10.5. The van der Waals surface area contributed by atoms with E-state index >= 15 is 0 Å². The maximum absolute atomic E-state index is 12.2. The lowest BCUT2D eigenvalue weighted by atomic mass is 9.75. The number of aliphatic hydroxyl groups excluding tert-OH is 2. The second kappa shape index (κ2) is 18.8. The number of likely N-dealkylation sites (N-methyl/N-ethyl adjacent to an activating group) is 1. The van der Waals surface area contributed by atoms with Crippen LogP contribution in [0, 0.1) is 13.8 Å². The van der Waals surface area contributed by atoms with Crippen molar-refractivity contribution in [1.29, 1.82) is 0 Å². The van der Waals surface area contributed by atoms with Gasteiger partial charge in [0.15, 0.2) is 22.4 Å². The van der Waals surface area contributed by atoms with Gasteiger partial charge in [-0.25, -0.2) is 0 Å². The Hall–Kier alpha value is -3.08. The number of Topliss-reactive ketones (excluding diaryl/α,β-unsaturated/α-hetero) is 1. The van der Waals surface area contributed by atoms with Gasteiger partial charge in [0.25, 0.3) is 0 Å². The number of aryl methyl sites for hydroxylation is 2. The van der Waals surface area contributed by atoms with E-state index in [1.165, 1.54) is 29.0 Å². The number of halogens is 1. The highest BCUT2D eigenvalue weighted by molar-refractivity contribution is 8.14. The Morgan fingerprint density at radius 1 is 1.00 bits per heavy atom. The summed E-state index contributed by atoms with van der Waals surface area (Å²) in [5.74, 6) is 2.60. The van der Waals surface area contributed by atoms with Crippen molar-refractivity contribution in [2.24, 2.45) is 4.99 Å². The Labute approximate surface area is 276 Å². The van der Waals surface area contributed by atoms with E-state index in [2.05, 4.69) is 47.7 Å². The molecule has 5 rings (SSSR count). The summed E-state index contributed by atoms with van der Waals surface area (Å²) in [6.45, 7) is 4.96. The molecular weight excluding hydrogens is 610 g/mol. The van der Waals surface area contributed by atoms with Gasteiger partial charge in [0.1, 0.15) is 18.2 Å². The molecule has 45 heavy (non-hydrogen) atoms. The second-order valence-electron chi connectivity index (χ2n) is 10.8. The molecule has 2 atom stereocenters. The minimum atomic E-state index is -0.861. The molecule has 8 nitrogen and oxygen atoms in total. The van der Waals surface area contributed by atoms with E-state index in [1.54, 1.807) is 19.2 Å². The van der Waals surface area contributed by atoms with E-state index in [1.807, 2.05) is 55.2 Å². The number of ketones is 1. The van der Waals surface area contributed by atoms with Crippen molar-refractivity contribution in [2.75, 3.05) is 45.0 Å². The summed E-state index contributed by atoms with van der Waals surface area (Å²) < 4.78 is 10.3. The molecule has 0 spiro atoms. The molecule has 1 fully saturated rings. The number of rotatable bonds is 8. The van der Waals surface area contributed by atoms with Crippen molar-refractivity contribution in [3.63, 3.8) is 0 Å². The van der Waals surface area contributed by atoms with Gasteiger partial charge >= 0.3 is 0 Å². The van der Waals surface area contributed by atoms with Crippen molar-refractivity contribution in [1.82, 2.24) is 5.32 Å². The number of methoxy groups -OCH3 is 1. The summed E-state index contributed by atoms with van der Waals surface area (Å²) in [5.41, 5.74) is 4.14. The third-order valence-electron chi connectivity index (χ3n) is 7.66. The number of carbonyl (C=O) groups is 1. The van der Waals surface area contributed by atoms with Crippen molar-refractivity contribution in [2.45, 2.75) is 57.6 Å². The van der Waals surface area contributed by atoms with Crippen LogP contribution in [-0.4, -0.2) is 66.9 Å². The highest BCUT2D eigenvalue weighted by atomic mass is 35.5. The van der Waals surface area contributed by atoms with Crippen molar-refractivity contribution >= 4 is 40.0 Å². The molecule has 2 aliphatic rings. The van der Waals surface area contributed by atoms with E-state index in [0.29, 0.717) is 22.9 Å². The van der Waals surface area contributed by atoms with E-state index in [9.17, 15) is 4.79 Å². The van der Waals surface area contributed by atoms with Crippen molar-refractivity contribution in [3.05, 3.63) is 88.4 Å². The number of anilines is 1. The van der Waals surface area contributed by atoms with Crippen LogP contribution in [0.1, 0.15) is 48.8 Å². The first-order valence-electron chi connectivity index (χ1n) is 15.3. The van der Waals surface area contributed by atoms with Gasteiger partial charge in [0.05, 0.1) is 13.7 Å². The SMILES string of the molecule is CNC1(c2ccccc2Cl)CCCCC1=O.COc1ccccc1OCC(O)CO.Cc1cccc(C)c1NC1=NCCCS1. The number of aliphatic imine (C=N–C) groups is 1. The van der Waals surface area contributed by atoms with E-state index < -0.39 is 11.6 Å². The number of carbonyl (C=O) groups excluding carboxylic acids is 1. The molecule has 0 saturated heterocycles. The predicted octanol–water partition coefficient (Wildman–Crippen LogP) is 6.53. The zero-order valence-electron chi connectivity index (χ0n) is 26.6. The van der Waals surface area contributed by atoms with Gasteiger partial charge < -0.3 is 30.3 Å². The zero-order chi connectivity index (χ0) is 32.7. The summed E-state index contributed by atoms with van der Waals surface area (Å²) in [6.07, 6.45) is 3.88. The van der Waals surface area contributed by atoms with Gasteiger partial charge in [0, 0.05) is 29.4 Å². The Morgan fingerprint density at radius 3 is 2.29 bits per heavy atom. The van der Waals surface area contributed by atoms with Crippen LogP contribution in [0.4, 0.5) is 5.69 Å². The number of ether oxygens (including phenoxy) is 2. The first-order valence-corrected chi connectivity index (χ1v) is 16.6. The number of hydrogen-bond donors (Lipinski definition) is 4. The molecule has 1 heterocycles. The Bertz CT molecular complexity index is 1380. The number of nitrogens with one attached hydrogen (secondary N) is 2. The highest BCUT2D eigenvalue weighted by Crippen LogP contribution is 2.37. The van der Waals surface area contributed by atoms with Crippen LogP contribution in [0.2, 0.25) is 5.02 Å². The van der Waals surface area contributed by atoms with Gasteiger partial charge in [-0.05, 0) is 75.0 Å². The maximum Gasteiger partial charge on any atom is 0.161 e. The van der Waals surface area contributed by atoms with Gasteiger partial charge in [-0.2, -0.15) is 0 Å². The van der Waals surface area contributed by atoms with Gasteiger partial charge in [-0.3, -0.25) is 9.79 Å². The maximum atomic E-state index is 12.2. The predicted molar refractivity (Wildman–Crippen MR) is 186 cm³/mol. The van der Waals surface area contributed by atoms with Crippen molar-refractivity contribution in [3.8, 4) is 11.5 Å². The van der Waals surface area contributed by atoms with Crippen LogP contribution in [-0.2, 0) is 10.3 Å². The molecule has 0 radical (unpaired) electrons. The number of hydrogen-bond acceptors (Lipinski definition) is 9. The van der Waals surface area contributed by atoms with Gasteiger partial charge in [0.2, 0.25) is 0 Å². The molecule has 10 heteroatoms. The second-order valence-corrected chi connectivity index (χ2v) is 12.3. The number of nitrogens with zero attached hydrogens (tertiary/aromatic N) is 1. The van der Waals surface area contributed by atoms with Crippen LogP contribution >= 0.6 is 23.4 Å². The van der Waals surface area contributed by atoms with Crippen LogP contribution in [0.5, 0.6) is 11.5 Å². The normalized spacial score (nSPS) is 18.3. The van der Waals surface area contributed by atoms with Crippen LogP contribution in [0.25, 0.3) is 0 Å². The van der Waals surface area contributed by atoms with Gasteiger partial charge in [-0.15, -0.1) is 0 Å². The molecule has 4 N–H and O–H groups in total. The van der Waals surface area contributed by atoms with E-state index in [0.717, 1.165) is 36.5 Å². The average molecular weight is 656 g/mol. The molecule has 0 aromatic heterocycles. The van der Waals surface area contributed by atoms with Crippen LogP contribution in [0.15, 0.2) is 71.7 Å². The summed E-state index contributed by atoms with van der Waals surface area (Å²) in [4.78, 5) is 16.7. The molecule has 244 valence electrons. The molecule has 3 aromatic rings. The quantitative estimate of drug-likeness (QED) is 0.217. The lowest BCUT2D eigenvalue weighted by molar-refractivity contribution is -0.127. The summed E-state index contributed by atoms with van der Waals surface area (Å²) >= 11 is 8.01. The topological polar surface area (TPSA) is 112 Å². The lowest BCUT2D eigenvalue weighted by Crippen LogP contribution is -2.49. The number of benzene rings is 3. The summed E-state index contributed by atoms with van der Waals surface area (Å²) in [5, 5.41) is 26.0. The first kappa shape index (κ1) is 36.4. The Balaban J connectivity index is 0.000000185. The molecule has 3 aromatic carbocycles. The molecule has 0 bridgehead atoms. The fourth-order valence-electron chi connectivity index (χ4n) is 5.15. The average Bonchev–Trinajstić information content (AvgIpc) is 3.07. The molecule has 1 saturated carbocycles. The lowest BCUT2D eigenvalue weighted by Gasteiger charge is -2.36. The van der Waals surface area contributed by atoms with Crippen molar-refractivity contribution < 1.29 is 24.5 Å².